The van der Waals surface area contributed by atoms with Crippen molar-refractivity contribution >= 4 is 11.9 Å². The lowest BCUT2D eigenvalue weighted by molar-refractivity contribution is -0.130. The lowest BCUT2D eigenvalue weighted by Gasteiger charge is -2.30. The molecule has 0 saturated carbocycles. The zero-order valence-electron chi connectivity index (χ0n) is 15.6. The number of carbonyl (C=O) groups is 1. The molecule has 1 amide bonds. The third-order valence-electron chi connectivity index (χ3n) is 4.33. The Labute approximate surface area is 141 Å². The standard InChI is InChI=1S/C17H35N5O/c1-14(2)22(15(3)4)12-9-19-17(18-5)20-13-16(23)21-10-7-6-8-11-21/h14-15H,6-13H2,1-5H3,(H2,18,19,20). The first-order valence-corrected chi connectivity index (χ1v) is 8.93. The molecule has 2 N–H and O–H groups in total. The van der Waals surface area contributed by atoms with Crippen molar-refractivity contribution in [3.05, 3.63) is 0 Å². The molecule has 1 aliphatic heterocycles. The number of nitrogens with one attached hydrogen (secondary N) is 2. The van der Waals surface area contributed by atoms with Gasteiger partial charge in [-0.2, -0.15) is 0 Å². The predicted octanol–water partition coefficient (Wildman–Crippen LogP) is 1.28. The molecule has 6 heteroatoms. The molecular formula is C17H35N5O. The molecule has 0 atom stereocenters. The van der Waals surface area contributed by atoms with Crippen LogP contribution in [0, 0.1) is 0 Å². The smallest absolute Gasteiger partial charge is 0.241 e. The largest absolute Gasteiger partial charge is 0.355 e. The minimum absolute atomic E-state index is 0.165. The molecular weight excluding hydrogens is 290 g/mol. The summed E-state index contributed by atoms with van der Waals surface area (Å²) in [5.74, 6) is 0.862. The van der Waals surface area contributed by atoms with Crippen molar-refractivity contribution in [2.45, 2.75) is 59.0 Å². The Bertz CT molecular complexity index is 367. The summed E-state index contributed by atoms with van der Waals surface area (Å²) in [5.41, 5.74) is 0. The Morgan fingerprint density at radius 1 is 1.09 bits per heavy atom. The number of rotatable bonds is 7. The van der Waals surface area contributed by atoms with Gasteiger partial charge < -0.3 is 15.5 Å². The monoisotopic (exact) mass is 325 g/mol. The van der Waals surface area contributed by atoms with Crippen molar-refractivity contribution in [2.24, 2.45) is 4.99 Å². The number of carbonyl (C=O) groups excluding carboxylic acids is 1. The van der Waals surface area contributed by atoms with E-state index in [1.807, 2.05) is 4.90 Å². The van der Waals surface area contributed by atoms with E-state index in [4.69, 9.17) is 0 Å². The second kappa shape index (κ2) is 10.5. The summed E-state index contributed by atoms with van der Waals surface area (Å²) in [4.78, 5) is 20.7. The number of likely N-dealkylation sites (tertiary alicyclic amines) is 1. The van der Waals surface area contributed by atoms with Gasteiger partial charge in [-0.15, -0.1) is 0 Å². The van der Waals surface area contributed by atoms with Crippen molar-refractivity contribution in [3.63, 3.8) is 0 Å². The fourth-order valence-electron chi connectivity index (χ4n) is 3.05. The highest BCUT2D eigenvalue weighted by Crippen LogP contribution is 2.08. The zero-order chi connectivity index (χ0) is 17.2. The second-order valence-corrected chi connectivity index (χ2v) is 6.72. The van der Waals surface area contributed by atoms with E-state index in [0.29, 0.717) is 24.6 Å². The van der Waals surface area contributed by atoms with Crippen LogP contribution in [0.1, 0.15) is 47.0 Å². The molecule has 1 saturated heterocycles. The van der Waals surface area contributed by atoms with Crippen molar-refractivity contribution in [2.75, 3.05) is 39.8 Å². The number of guanidine groups is 1. The SMILES string of the molecule is CN=C(NCCN(C(C)C)C(C)C)NCC(=O)N1CCCCC1. The normalized spacial score (nSPS) is 16.3. The minimum Gasteiger partial charge on any atom is -0.355 e. The third kappa shape index (κ3) is 7.20. The summed E-state index contributed by atoms with van der Waals surface area (Å²) in [6.07, 6.45) is 3.49. The molecule has 6 nitrogen and oxygen atoms in total. The van der Waals surface area contributed by atoms with Gasteiger partial charge in [-0.1, -0.05) is 0 Å². The van der Waals surface area contributed by atoms with E-state index >= 15 is 0 Å². The lowest BCUT2D eigenvalue weighted by Crippen LogP contribution is -2.48. The van der Waals surface area contributed by atoms with Crippen LogP contribution in [0.15, 0.2) is 4.99 Å². The molecule has 1 rings (SSSR count). The summed E-state index contributed by atoms with van der Waals surface area (Å²) in [5, 5.41) is 6.42. The minimum atomic E-state index is 0.165. The molecule has 0 aliphatic carbocycles. The van der Waals surface area contributed by atoms with Crippen LogP contribution < -0.4 is 10.6 Å². The van der Waals surface area contributed by atoms with E-state index in [1.54, 1.807) is 7.05 Å². The molecule has 134 valence electrons. The fourth-order valence-corrected chi connectivity index (χ4v) is 3.05. The highest BCUT2D eigenvalue weighted by Gasteiger charge is 2.16. The molecule has 0 aromatic carbocycles. The topological polar surface area (TPSA) is 60.0 Å². The van der Waals surface area contributed by atoms with Crippen LogP contribution in [-0.2, 0) is 4.79 Å². The molecule has 23 heavy (non-hydrogen) atoms. The van der Waals surface area contributed by atoms with Crippen LogP contribution >= 0.6 is 0 Å². The highest BCUT2D eigenvalue weighted by molar-refractivity contribution is 5.86. The first-order valence-electron chi connectivity index (χ1n) is 8.93. The van der Waals surface area contributed by atoms with Crippen LogP contribution in [0.2, 0.25) is 0 Å². The van der Waals surface area contributed by atoms with E-state index < -0.39 is 0 Å². The average molecular weight is 326 g/mol. The Morgan fingerprint density at radius 3 is 2.22 bits per heavy atom. The number of hydrogen-bond donors (Lipinski definition) is 2. The van der Waals surface area contributed by atoms with Gasteiger partial charge in [0.25, 0.3) is 0 Å². The van der Waals surface area contributed by atoms with Crippen molar-refractivity contribution in [1.82, 2.24) is 20.4 Å². The zero-order valence-corrected chi connectivity index (χ0v) is 15.6. The first kappa shape index (κ1) is 19.7. The quantitative estimate of drug-likeness (QED) is 0.547. The lowest BCUT2D eigenvalue weighted by atomic mass is 10.1. The first-order chi connectivity index (χ1) is 11.0. The molecule has 1 aliphatic rings. The maximum absolute atomic E-state index is 12.2. The van der Waals surface area contributed by atoms with E-state index in [1.165, 1.54) is 6.42 Å². The molecule has 1 heterocycles. The van der Waals surface area contributed by atoms with Gasteiger partial charge in [-0.25, -0.2) is 0 Å². The van der Waals surface area contributed by atoms with Gasteiger partial charge in [0.2, 0.25) is 5.91 Å². The highest BCUT2D eigenvalue weighted by atomic mass is 16.2. The van der Waals surface area contributed by atoms with Gasteiger partial charge in [0, 0.05) is 45.3 Å². The van der Waals surface area contributed by atoms with Gasteiger partial charge in [0.1, 0.15) is 0 Å². The summed E-state index contributed by atoms with van der Waals surface area (Å²) >= 11 is 0. The second-order valence-electron chi connectivity index (χ2n) is 6.72. The van der Waals surface area contributed by atoms with E-state index in [9.17, 15) is 4.79 Å². The fraction of sp³-hybridized carbons (Fsp3) is 0.882. The van der Waals surface area contributed by atoms with Crippen molar-refractivity contribution in [1.29, 1.82) is 0 Å². The van der Waals surface area contributed by atoms with Gasteiger partial charge in [-0.3, -0.25) is 14.7 Å². The van der Waals surface area contributed by atoms with Crippen LogP contribution in [0.3, 0.4) is 0 Å². The summed E-state index contributed by atoms with van der Waals surface area (Å²) < 4.78 is 0. The Hall–Kier alpha value is -1.30. The predicted molar refractivity (Wildman–Crippen MR) is 96.8 cm³/mol. The Morgan fingerprint density at radius 2 is 1.70 bits per heavy atom. The van der Waals surface area contributed by atoms with Gasteiger partial charge >= 0.3 is 0 Å². The summed E-state index contributed by atoms with van der Waals surface area (Å²) in [6.45, 7) is 12.7. The van der Waals surface area contributed by atoms with E-state index in [0.717, 1.165) is 39.0 Å². The number of amides is 1. The summed E-state index contributed by atoms with van der Waals surface area (Å²) in [7, 11) is 1.74. The molecule has 0 bridgehead atoms. The molecule has 0 unspecified atom stereocenters. The summed E-state index contributed by atoms with van der Waals surface area (Å²) in [6, 6.07) is 1.04. The number of aliphatic imine (C=N–C) groups is 1. The molecule has 0 radical (unpaired) electrons. The third-order valence-corrected chi connectivity index (χ3v) is 4.33. The number of nitrogens with zero attached hydrogens (tertiary/aromatic N) is 3. The van der Waals surface area contributed by atoms with Gasteiger partial charge in [-0.05, 0) is 47.0 Å². The van der Waals surface area contributed by atoms with Crippen LogP contribution in [0.25, 0.3) is 0 Å². The van der Waals surface area contributed by atoms with Crippen LogP contribution in [0.4, 0.5) is 0 Å². The number of hydrogen-bond acceptors (Lipinski definition) is 3. The van der Waals surface area contributed by atoms with E-state index in [2.05, 4.69) is 48.2 Å². The van der Waals surface area contributed by atoms with Crippen LogP contribution in [0.5, 0.6) is 0 Å². The maximum Gasteiger partial charge on any atom is 0.241 e. The van der Waals surface area contributed by atoms with Gasteiger partial charge in [0.15, 0.2) is 5.96 Å². The maximum atomic E-state index is 12.2. The molecule has 0 aromatic heterocycles. The Balaban J connectivity index is 2.30. The van der Waals surface area contributed by atoms with Crippen molar-refractivity contribution < 1.29 is 4.79 Å². The molecule has 1 fully saturated rings. The van der Waals surface area contributed by atoms with Crippen molar-refractivity contribution in [3.8, 4) is 0 Å². The van der Waals surface area contributed by atoms with E-state index in [-0.39, 0.29) is 5.91 Å². The molecule has 0 aromatic rings. The number of piperidine rings is 1. The Kier molecular flexibility index (Phi) is 8.99. The average Bonchev–Trinajstić information content (AvgIpc) is 2.54. The molecule has 0 spiro atoms. The van der Waals surface area contributed by atoms with Gasteiger partial charge in [0.05, 0.1) is 6.54 Å². The van der Waals surface area contributed by atoms with Crippen LogP contribution in [-0.4, -0.2) is 73.5 Å².